The van der Waals surface area contributed by atoms with Gasteiger partial charge in [0.15, 0.2) is 0 Å². The molecule has 196 valence electrons. The van der Waals surface area contributed by atoms with Crippen molar-refractivity contribution in [1.29, 1.82) is 0 Å². The molecule has 38 heavy (non-hydrogen) atoms. The normalized spacial score (nSPS) is 13.9. The molecular weight excluding hydrogens is 502 g/mol. The zero-order chi connectivity index (χ0) is 26.7. The lowest BCUT2D eigenvalue weighted by Crippen LogP contribution is -2.48. The van der Waals surface area contributed by atoms with Gasteiger partial charge in [0.2, 0.25) is 0 Å². The molecule has 0 bridgehead atoms. The molecule has 4 aromatic rings. The van der Waals surface area contributed by atoms with E-state index in [0.29, 0.717) is 48.5 Å². The summed E-state index contributed by atoms with van der Waals surface area (Å²) in [5, 5.41) is 0.723. The third-order valence-electron chi connectivity index (χ3n) is 6.69. The Morgan fingerprint density at radius 2 is 1.76 bits per heavy atom. The topological polar surface area (TPSA) is 118 Å². The average Bonchev–Trinajstić information content (AvgIpc) is 2.96. The number of nitrogens with one attached hydrogen (secondary N) is 1. The van der Waals surface area contributed by atoms with E-state index >= 15 is 0 Å². The van der Waals surface area contributed by atoms with Gasteiger partial charge in [0.1, 0.15) is 10.6 Å². The van der Waals surface area contributed by atoms with Gasteiger partial charge in [-0.15, -0.1) is 0 Å². The quantitative estimate of drug-likeness (QED) is 0.375. The maximum atomic E-state index is 13.3. The molecule has 0 radical (unpaired) electrons. The summed E-state index contributed by atoms with van der Waals surface area (Å²) in [4.78, 5) is 21.6. The summed E-state index contributed by atoms with van der Waals surface area (Å²) < 4.78 is 34.6. The molecule has 2 heterocycles. The minimum atomic E-state index is -3.94. The maximum Gasteiger partial charge on any atom is 0.264 e. The SMILES string of the molecule is COc1ccccc1N1CCN(C(=O)c2ccc(NS(=O)(=O)c3cccc4cccnc34)c(CN)c2)CC1. The highest BCUT2D eigenvalue weighted by Crippen LogP contribution is 2.29. The average molecular weight is 532 g/mol. The lowest BCUT2D eigenvalue weighted by atomic mass is 10.1. The van der Waals surface area contributed by atoms with Gasteiger partial charge in [-0.3, -0.25) is 14.5 Å². The van der Waals surface area contributed by atoms with Crippen molar-refractivity contribution < 1.29 is 17.9 Å². The number of nitrogens with zero attached hydrogens (tertiary/aromatic N) is 3. The molecule has 1 amide bonds. The van der Waals surface area contributed by atoms with Crippen LogP contribution < -0.4 is 20.1 Å². The molecule has 0 saturated carbocycles. The summed E-state index contributed by atoms with van der Waals surface area (Å²) in [5.41, 5.74) is 8.68. The van der Waals surface area contributed by atoms with Crippen LogP contribution in [0.2, 0.25) is 0 Å². The number of pyridine rings is 1. The first-order valence-electron chi connectivity index (χ1n) is 12.3. The smallest absolute Gasteiger partial charge is 0.264 e. The molecule has 0 atom stereocenters. The van der Waals surface area contributed by atoms with Crippen LogP contribution in [0.4, 0.5) is 11.4 Å². The van der Waals surface area contributed by atoms with Crippen molar-refractivity contribution in [2.75, 3.05) is 42.9 Å². The fourth-order valence-electron chi connectivity index (χ4n) is 4.71. The van der Waals surface area contributed by atoms with Crippen LogP contribution in [-0.2, 0) is 16.6 Å². The summed E-state index contributed by atoms with van der Waals surface area (Å²) in [5.74, 6) is 0.684. The molecule has 0 spiro atoms. The number of piperazine rings is 1. The largest absolute Gasteiger partial charge is 0.495 e. The van der Waals surface area contributed by atoms with E-state index in [2.05, 4.69) is 14.6 Å². The first-order valence-corrected chi connectivity index (χ1v) is 13.8. The first kappa shape index (κ1) is 25.5. The van der Waals surface area contributed by atoms with Gasteiger partial charge in [-0.05, 0) is 48.0 Å². The number of rotatable bonds is 7. The van der Waals surface area contributed by atoms with Gasteiger partial charge in [-0.2, -0.15) is 0 Å². The van der Waals surface area contributed by atoms with Gasteiger partial charge in [0.25, 0.3) is 15.9 Å². The lowest BCUT2D eigenvalue weighted by Gasteiger charge is -2.36. The van der Waals surface area contributed by atoms with Crippen molar-refractivity contribution in [3.8, 4) is 5.75 Å². The summed E-state index contributed by atoms with van der Waals surface area (Å²) in [6.45, 7) is 2.52. The number of aromatic nitrogens is 1. The Morgan fingerprint density at radius 3 is 2.53 bits per heavy atom. The molecule has 1 aromatic heterocycles. The highest BCUT2D eigenvalue weighted by Gasteiger charge is 2.25. The number of sulfonamides is 1. The Hall–Kier alpha value is -4.15. The summed E-state index contributed by atoms with van der Waals surface area (Å²) in [7, 11) is -2.29. The maximum absolute atomic E-state index is 13.3. The number of hydrogen-bond acceptors (Lipinski definition) is 7. The Morgan fingerprint density at radius 1 is 1.00 bits per heavy atom. The van der Waals surface area contributed by atoms with Crippen molar-refractivity contribution in [3.05, 3.63) is 90.1 Å². The molecule has 3 N–H and O–H groups in total. The Kier molecular flexibility index (Phi) is 7.17. The van der Waals surface area contributed by atoms with Crippen molar-refractivity contribution in [2.24, 2.45) is 5.73 Å². The molecule has 0 aliphatic carbocycles. The summed E-state index contributed by atoms with van der Waals surface area (Å²) in [6.07, 6.45) is 1.56. The minimum Gasteiger partial charge on any atom is -0.495 e. The molecule has 5 rings (SSSR count). The van der Waals surface area contributed by atoms with E-state index in [0.717, 1.165) is 16.8 Å². The number of methoxy groups -OCH3 is 1. The van der Waals surface area contributed by atoms with Gasteiger partial charge >= 0.3 is 0 Å². The number of amides is 1. The van der Waals surface area contributed by atoms with Crippen molar-refractivity contribution >= 4 is 38.2 Å². The van der Waals surface area contributed by atoms with Crippen LogP contribution in [-0.4, -0.2) is 57.5 Å². The number of anilines is 2. The monoisotopic (exact) mass is 531 g/mol. The van der Waals surface area contributed by atoms with Gasteiger partial charge < -0.3 is 20.3 Å². The molecule has 3 aromatic carbocycles. The molecule has 1 aliphatic heterocycles. The Balaban J connectivity index is 1.32. The number of nitrogens with two attached hydrogens (primary N) is 1. The fourth-order valence-corrected chi connectivity index (χ4v) is 5.99. The van der Waals surface area contributed by atoms with Crippen LogP contribution in [0.1, 0.15) is 15.9 Å². The highest BCUT2D eigenvalue weighted by atomic mass is 32.2. The number of fused-ring (bicyclic) bond motifs is 1. The second-order valence-corrected chi connectivity index (χ2v) is 10.6. The van der Waals surface area contributed by atoms with Crippen LogP contribution in [0.25, 0.3) is 10.9 Å². The van der Waals surface area contributed by atoms with E-state index in [4.69, 9.17) is 10.5 Å². The minimum absolute atomic E-state index is 0.0638. The summed E-state index contributed by atoms with van der Waals surface area (Å²) >= 11 is 0. The van der Waals surface area contributed by atoms with Gasteiger partial charge in [-0.1, -0.05) is 30.3 Å². The highest BCUT2D eigenvalue weighted by molar-refractivity contribution is 7.93. The van der Waals surface area contributed by atoms with Crippen molar-refractivity contribution in [2.45, 2.75) is 11.4 Å². The molecule has 1 aliphatic rings. The molecule has 1 fully saturated rings. The van der Waals surface area contributed by atoms with E-state index in [1.807, 2.05) is 36.4 Å². The zero-order valence-electron chi connectivity index (χ0n) is 21.0. The number of hydrogen-bond donors (Lipinski definition) is 2. The van der Waals surface area contributed by atoms with Gasteiger partial charge in [0.05, 0.1) is 24.0 Å². The number of para-hydroxylation sites is 3. The standard InChI is InChI=1S/C28H29N5O4S/c1-37-25-9-3-2-8-24(25)32-14-16-33(17-15-32)28(34)21-11-12-23(22(18-21)19-29)31-38(35,36)26-10-4-6-20-7-5-13-30-27(20)26/h2-13,18,31H,14-17,19,29H2,1H3. The number of carbonyl (C=O) groups is 1. The molecule has 0 unspecified atom stereocenters. The molecule has 9 nitrogen and oxygen atoms in total. The molecule has 10 heteroatoms. The van der Waals surface area contributed by atoms with Crippen LogP contribution in [0.3, 0.4) is 0 Å². The van der Waals surface area contributed by atoms with E-state index in [1.165, 1.54) is 6.07 Å². The lowest BCUT2D eigenvalue weighted by molar-refractivity contribution is 0.0746. The molecule has 1 saturated heterocycles. The third kappa shape index (κ3) is 5.00. The van der Waals surface area contributed by atoms with Crippen molar-refractivity contribution in [1.82, 2.24) is 9.88 Å². The van der Waals surface area contributed by atoms with E-state index in [9.17, 15) is 13.2 Å². The molecular formula is C28H29N5O4S. The number of carbonyl (C=O) groups excluding carboxylic acids is 1. The zero-order valence-corrected chi connectivity index (χ0v) is 21.8. The van der Waals surface area contributed by atoms with Gasteiger partial charge in [-0.25, -0.2) is 8.42 Å². The summed E-state index contributed by atoms with van der Waals surface area (Å²) in [6, 6.07) is 21.3. The third-order valence-corrected chi connectivity index (χ3v) is 8.09. The van der Waals surface area contributed by atoms with E-state index in [1.54, 1.807) is 48.5 Å². The second kappa shape index (κ2) is 10.7. The predicted octanol–water partition coefficient (Wildman–Crippen LogP) is 3.47. The van der Waals surface area contributed by atoms with Crippen LogP contribution in [0.15, 0.2) is 83.9 Å². The van der Waals surface area contributed by atoms with E-state index in [-0.39, 0.29) is 17.3 Å². The fraction of sp³-hybridized carbons (Fsp3) is 0.214. The van der Waals surface area contributed by atoms with E-state index < -0.39 is 10.0 Å². The Bertz CT molecular complexity index is 1580. The first-order chi connectivity index (χ1) is 18.4. The van der Waals surface area contributed by atoms with Crippen LogP contribution in [0.5, 0.6) is 5.75 Å². The number of ether oxygens (including phenoxy) is 1. The predicted molar refractivity (Wildman–Crippen MR) is 148 cm³/mol. The van der Waals surface area contributed by atoms with Crippen LogP contribution in [0, 0.1) is 0 Å². The second-order valence-electron chi connectivity index (χ2n) is 8.96. The van der Waals surface area contributed by atoms with Crippen LogP contribution >= 0.6 is 0 Å². The Labute approximate surface area is 221 Å². The number of benzene rings is 3. The van der Waals surface area contributed by atoms with Gasteiger partial charge in [0, 0.05) is 49.9 Å². The van der Waals surface area contributed by atoms with Crippen molar-refractivity contribution in [3.63, 3.8) is 0 Å².